The summed E-state index contributed by atoms with van der Waals surface area (Å²) in [6.45, 7) is 7.15. The molecular weight excluding hydrogens is 309 g/mol. The van der Waals surface area contributed by atoms with Gasteiger partial charge in [-0.1, -0.05) is 6.07 Å². The van der Waals surface area contributed by atoms with Crippen molar-refractivity contribution in [3.63, 3.8) is 0 Å². The van der Waals surface area contributed by atoms with Gasteiger partial charge in [0.1, 0.15) is 0 Å². The summed E-state index contributed by atoms with van der Waals surface area (Å²) < 4.78 is 37.9. The molecule has 0 fully saturated rings. The molecule has 1 aromatic carbocycles. The summed E-state index contributed by atoms with van der Waals surface area (Å²) in [4.78, 5) is 25.0. The third kappa shape index (κ3) is 5.92. The summed E-state index contributed by atoms with van der Waals surface area (Å²) in [6.07, 6.45) is -4.45. The fourth-order valence-corrected chi connectivity index (χ4v) is 2.18. The fourth-order valence-electron chi connectivity index (χ4n) is 2.18. The predicted molar refractivity (Wildman–Crippen MR) is 81.8 cm³/mol. The fraction of sp³-hybridized carbons (Fsp3) is 0.500. The first-order valence-electron chi connectivity index (χ1n) is 7.16. The lowest BCUT2D eigenvalue weighted by molar-refractivity contribution is -0.137. The molecule has 0 heterocycles. The highest BCUT2D eigenvalue weighted by molar-refractivity contribution is 5.91. The lowest BCUT2D eigenvalue weighted by Crippen LogP contribution is -2.45. The Bertz CT molecular complexity index is 577. The van der Waals surface area contributed by atoms with E-state index in [1.165, 1.54) is 19.1 Å². The molecule has 1 aromatic rings. The third-order valence-electron chi connectivity index (χ3n) is 3.23. The number of benzene rings is 1. The maximum Gasteiger partial charge on any atom is 0.416 e. The van der Waals surface area contributed by atoms with E-state index in [1.54, 1.807) is 4.90 Å². The van der Waals surface area contributed by atoms with E-state index in [-0.39, 0.29) is 24.6 Å². The van der Waals surface area contributed by atoms with Crippen LogP contribution in [0.4, 0.5) is 18.9 Å². The summed E-state index contributed by atoms with van der Waals surface area (Å²) >= 11 is 0. The Morgan fingerprint density at radius 2 is 1.78 bits per heavy atom. The van der Waals surface area contributed by atoms with Crippen molar-refractivity contribution >= 4 is 17.5 Å². The minimum absolute atomic E-state index is 0.00704. The Balaban J connectivity index is 2.69. The first-order chi connectivity index (χ1) is 10.4. The number of rotatable bonds is 4. The zero-order valence-corrected chi connectivity index (χ0v) is 13.6. The summed E-state index contributed by atoms with van der Waals surface area (Å²) in [7, 11) is 0. The van der Waals surface area contributed by atoms with Gasteiger partial charge in [0.2, 0.25) is 11.8 Å². The second-order valence-electron chi connectivity index (χ2n) is 6.22. The molecule has 2 amide bonds. The average Bonchev–Trinajstić information content (AvgIpc) is 2.36. The minimum Gasteiger partial charge on any atom is -0.338 e. The zero-order valence-electron chi connectivity index (χ0n) is 13.6. The highest BCUT2D eigenvalue weighted by Crippen LogP contribution is 2.30. The normalized spacial score (nSPS) is 12.0. The summed E-state index contributed by atoms with van der Waals surface area (Å²) in [5.74, 6) is -0.607. The van der Waals surface area contributed by atoms with Gasteiger partial charge in [-0.2, -0.15) is 13.2 Å². The Morgan fingerprint density at radius 1 is 1.17 bits per heavy atom. The van der Waals surface area contributed by atoms with Gasteiger partial charge in [0, 0.05) is 31.1 Å². The van der Waals surface area contributed by atoms with E-state index in [9.17, 15) is 22.8 Å². The Morgan fingerprint density at radius 3 is 2.26 bits per heavy atom. The van der Waals surface area contributed by atoms with E-state index in [0.717, 1.165) is 12.1 Å². The second kappa shape index (κ2) is 7.02. The lowest BCUT2D eigenvalue weighted by atomic mass is 10.1. The van der Waals surface area contributed by atoms with E-state index in [2.05, 4.69) is 5.32 Å². The maximum atomic E-state index is 12.6. The van der Waals surface area contributed by atoms with Crippen LogP contribution in [0.25, 0.3) is 0 Å². The van der Waals surface area contributed by atoms with Crippen molar-refractivity contribution in [3.05, 3.63) is 29.8 Å². The van der Waals surface area contributed by atoms with Crippen LogP contribution in [-0.2, 0) is 15.8 Å². The number of alkyl halides is 3. The van der Waals surface area contributed by atoms with Crippen LogP contribution >= 0.6 is 0 Å². The van der Waals surface area contributed by atoms with Crippen LogP contribution in [0.5, 0.6) is 0 Å². The molecule has 0 bridgehead atoms. The molecule has 4 nitrogen and oxygen atoms in total. The molecule has 0 aliphatic heterocycles. The topological polar surface area (TPSA) is 49.4 Å². The molecule has 128 valence electrons. The quantitative estimate of drug-likeness (QED) is 0.915. The van der Waals surface area contributed by atoms with Gasteiger partial charge in [-0.25, -0.2) is 0 Å². The molecule has 0 spiro atoms. The van der Waals surface area contributed by atoms with Crippen LogP contribution in [-0.4, -0.2) is 28.8 Å². The Kier molecular flexibility index (Phi) is 5.80. The summed E-state index contributed by atoms with van der Waals surface area (Å²) in [6, 6.07) is 4.44. The largest absolute Gasteiger partial charge is 0.416 e. The van der Waals surface area contributed by atoms with Crippen LogP contribution < -0.4 is 5.32 Å². The van der Waals surface area contributed by atoms with Gasteiger partial charge >= 0.3 is 6.18 Å². The first kappa shape index (κ1) is 19.0. The SMILES string of the molecule is CC(=O)N(CCC(=O)Nc1cccc(C(F)(F)F)c1)C(C)(C)C. The molecule has 0 saturated heterocycles. The molecule has 23 heavy (non-hydrogen) atoms. The molecule has 0 aliphatic rings. The smallest absolute Gasteiger partial charge is 0.338 e. The van der Waals surface area contributed by atoms with Crippen LogP contribution in [0.2, 0.25) is 0 Å². The van der Waals surface area contributed by atoms with E-state index in [1.807, 2.05) is 20.8 Å². The number of carbonyl (C=O) groups is 2. The molecule has 0 unspecified atom stereocenters. The second-order valence-corrected chi connectivity index (χ2v) is 6.22. The lowest BCUT2D eigenvalue weighted by Gasteiger charge is -2.34. The van der Waals surface area contributed by atoms with Crippen LogP contribution in [0, 0.1) is 0 Å². The molecule has 0 radical (unpaired) electrons. The van der Waals surface area contributed by atoms with E-state index in [0.29, 0.717) is 0 Å². The van der Waals surface area contributed by atoms with E-state index >= 15 is 0 Å². The number of nitrogens with one attached hydrogen (secondary N) is 1. The molecular formula is C16H21F3N2O2. The molecule has 1 rings (SSSR count). The number of hydrogen-bond donors (Lipinski definition) is 1. The number of anilines is 1. The standard InChI is InChI=1S/C16H21F3N2O2/c1-11(22)21(15(2,3)4)9-8-14(23)20-13-7-5-6-12(10-13)16(17,18)19/h5-7,10H,8-9H2,1-4H3,(H,20,23). The highest BCUT2D eigenvalue weighted by Gasteiger charge is 2.30. The number of amides is 2. The minimum atomic E-state index is -4.46. The molecule has 0 atom stereocenters. The first-order valence-corrected chi connectivity index (χ1v) is 7.16. The van der Waals surface area contributed by atoms with Crippen molar-refractivity contribution in [3.8, 4) is 0 Å². The van der Waals surface area contributed by atoms with Crippen molar-refractivity contribution in [2.24, 2.45) is 0 Å². The molecule has 7 heteroatoms. The number of carbonyl (C=O) groups excluding carboxylic acids is 2. The van der Waals surface area contributed by atoms with Crippen molar-refractivity contribution < 1.29 is 22.8 Å². The van der Waals surface area contributed by atoms with Gasteiger partial charge in [0.15, 0.2) is 0 Å². The molecule has 1 N–H and O–H groups in total. The Labute approximate surface area is 133 Å². The van der Waals surface area contributed by atoms with Crippen molar-refractivity contribution in [1.29, 1.82) is 0 Å². The van der Waals surface area contributed by atoms with Gasteiger partial charge in [-0.05, 0) is 39.0 Å². The van der Waals surface area contributed by atoms with Crippen LogP contribution in [0.15, 0.2) is 24.3 Å². The highest BCUT2D eigenvalue weighted by atomic mass is 19.4. The van der Waals surface area contributed by atoms with Gasteiger partial charge in [0.25, 0.3) is 0 Å². The van der Waals surface area contributed by atoms with Gasteiger partial charge in [-0.15, -0.1) is 0 Å². The van der Waals surface area contributed by atoms with Crippen LogP contribution in [0.3, 0.4) is 0 Å². The molecule has 0 aliphatic carbocycles. The van der Waals surface area contributed by atoms with Gasteiger partial charge in [-0.3, -0.25) is 9.59 Å². The van der Waals surface area contributed by atoms with E-state index < -0.39 is 23.2 Å². The van der Waals surface area contributed by atoms with Crippen LogP contribution in [0.1, 0.15) is 39.7 Å². The summed E-state index contributed by atoms with van der Waals surface area (Å²) in [5, 5.41) is 2.42. The van der Waals surface area contributed by atoms with Gasteiger partial charge < -0.3 is 10.2 Å². The van der Waals surface area contributed by atoms with Crippen molar-refractivity contribution in [1.82, 2.24) is 4.90 Å². The van der Waals surface area contributed by atoms with Crippen molar-refractivity contribution in [2.75, 3.05) is 11.9 Å². The maximum absolute atomic E-state index is 12.6. The number of hydrogen-bond acceptors (Lipinski definition) is 2. The third-order valence-corrected chi connectivity index (χ3v) is 3.23. The zero-order chi connectivity index (χ0) is 17.8. The molecule has 0 saturated carbocycles. The van der Waals surface area contributed by atoms with Gasteiger partial charge in [0.05, 0.1) is 5.56 Å². The molecule has 0 aromatic heterocycles. The van der Waals surface area contributed by atoms with E-state index in [4.69, 9.17) is 0 Å². The predicted octanol–water partition coefficient (Wildman–Crippen LogP) is 3.68. The Hall–Kier alpha value is -2.05. The van der Waals surface area contributed by atoms with Crippen molar-refractivity contribution in [2.45, 2.75) is 45.8 Å². The number of nitrogens with zero attached hydrogens (tertiary/aromatic N) is 1. The number of halogens is 3. The average molecular weight is 330 g/mol. The summed E-state index contributed by atoms with van der Waals surface area (Å²) in [5.41, 5.74) is -1.17. The monoisotopic (exact) mass is 330 g/mol.